The summed E-state index contributed by atoms with van der Waals surface area (Å²) in [5.41, 5.74) is 5.13. The van der Waals surface area contributed by atoms with Crippen LogP contribution < -0.4 is 5.73 Å². The van der Waals surface area contributed by atoms with Gasteiger partial charge in [-0.15, -0.1) is 0 Å². The van der Waals surface area contributed by atoms with Gasteiger partial charge in [0.25, 0.3) is 0 Å². The van der Waals surface area contributed by atoms with Crippen molar-refractivity contribution in [2.75, 3.05) is 13.2 Å². The van der Waals surface area contributed by atoms with Crippen LogP contribution in [0.25, 0.3) is 0 Å². The van der Waals surface area contributed by atoms with Crippen LogP contribution in [0.2, 0.25) is 0 Å². The van der Waals surface area contributed by atoms with Crippen LogP contribution in [0.5, 0.6) is 0 Å². The number of aromatic nitrogens is 2. The molecule has 0 aliphatic rings. The van der Waals surface area contributed by atoms with Gasteiger partial charge in [-0.25, -0.2) is 0 Å². The first-order chi connectivity index (χ1) is 9.01. The van der Waals surface area contributed by atoms with Crippen LogP contribution in [0.15, 0.2) is 4.52 Å². The maximum Gasteiger partial charge on any atom is 0.233 e. The molecule has 1 rings (SSSR count). The van der Waals surface area contributed by atoms with Gasteiger partial charge in [-0.1, -0.05) is 25.9 Å². The fourth-order valence-corrected chi connectivity index (χ4v) is 2.15. The van der Waals surface area contributed by atoms with Gasteiger partial charge in [0, 0.05) is 13.2 Å². The van der Waals surface area contributed by atoms with Crippen molar-refractivity contribution in [2.45, 2.75) is 64.9 Å². The zero-order valence-corrected chi connectivity index (χ0v) is 12.8. The standard InChI is InChI=1S/C14H27N3O2/c1-6-13(5,10-15)12-16-11(17-19-12)14(7-2,8-3)18-9-4/h6-10,15H2,1-5H3. The molecular formula is C14H27N3O2. The Kier molecular flexibility index (Phi) is 5.50. The van der Waals surface area contributed by atoms with Crippen LogP contribution >= 0.6 is 0 Å². The average molecular weight is 269 g/mol. The number of rotatable bonds is 8. The SMILES string of the molecule is CCOC(CC)(CC)c1noc(C(C)(CC)CN)n1. The maximum absolute atomic E-state index is 5.89. The quantitative estimate of drug-likeness (QED) is 0.785. The number of ether oxygens (including phenoxy) is 1. The van der Waals surface area contributed by atoms with Crippen molar-refractivity contribution in [3.8, 4) is 0 Å². The number of nitrogens with zero attached hydrogens (tertiary/aromatic N) is 2. The Labute approximate surface area is 115 Å². The molecule has 0 bridgehead atoms. The average Bonchev–Trinajstić information content (AvgIpc) is 2.95. The Morgan fingerprint density at radius 2 is 1.79 bits per heavy atom. The Morgan fingerprint density at radius 3 is 2.21 bits per heavy atom. The molecule has 5 heteroatoms. The van der Waals surface area contributed by atoms with Crippen LogP contribution in [-0.2, 0) is 15.8 Å². The Bertz CT molecular complexity index is 382. The zero-order valence-electron chi connectivity index (χ0n) is 12.8. The van der Waals surface area contributed by atoms with Crippen molar-refractivity contribution < 1.29 is 9.26 Å². The molecule has 19 heavy (non-hydrogen) atoms. The number of hydrogen-bond acceptors (Lipinski definition) is 5. The molecular weight excluding hydrogens is 242 g/mol. The molecule has 1 heterocycles. The summed E-state index contributed by atoms with van der Waals surface area (Å²) in [4.78, 5) is 4.57. The summed E-state index contributed by atoms with van der Waals surface area (Å²) >= 11 is 0. The molecule has 0 radical (unpaired) electrons. The molecule has 0 fully saturated rings. The second-order valence-electron chi connectivity index (χ2n) is 5.18. The minimum atomic E-state index is -0.445. The van der Waals surface area contributed by atoms with Crippen molar-refractivity contribution in [3.63, 3.8) is 0 Å². The minimum Gasteiger partial charge on any atom is -0.367 e. The molecule has 0 aliphatic carbocycles. The first-order valence-corrected chi connectivity index (χ1v) is 7.20. The van der Waals surface area contributed by atoms with Crippen molar-refractivity contribution in [1.82, 2.24) is 10.1 Å². The lowest BCUT2D eigenvalue weighted by atomic mass is 9.87. The topological polar surface area (TPSA) is 74.2 Å². The Balaban J connectivity index is 3.12. The lowest BCUT2D eigenvalue weighted by molar-refractivity contribution is -0.0583. The highest BCUT2D eigenvalue weighted by molar-refractivity contribution is 5.08. The van der Waals surface area contributed by atoms with E-state index >= 15 is 0 Å². The molecule has 0 aromatic carbocycles. The highest BCUT2D eigenvalue weighted by Crippen LogP contribution is 2.33. The van der Waals surface area contributed by atoms with Crippen LogP contribution in [0.3, 0.4) is 0 Å². The second kappa shape index (κ2) is 6.48. The molecule has 1 unspecified atom stereocenters. The van der Waals surface area contributed by atoms with E-state index in [0.29, 0.717) is 24.9 Å². The third-order valence-electron chi connectivity index (χ3n) is 4.14. The van der Waals surface area contributed by atoms with Crippen molar-refractivity contribution in [3.05, 3.63) is 11.7 Å². The molecule has 0 saturated carbocycles. The Morgan fingerprint density at radius 1 is 1.16 bits per heavy atom. The van der Waals surface area contributed by atoms with Gasteiger partial charge in [-0.3, -0.25) is 0 Å². The second-order valence-corrected chi connectivity index (χ2v) is 5.18. The molecule has 1 aromatic rings. The monoisotopic (exact) mass is 269 g/mol. The van der Waals surface area contributed by atoms with Crippen LogP contribution in [0, 0.1) is 0 Å². The smallest absolute Gasteiger partial charge is 0.233 e. The molecule has 110 valence electrons. The predicted octanol–water partition coefficient (Wildman–Crippen LogP) is 2.75. The summed E-state index contributed by atoms with van der Waals surface area (Å²) in [5, 5.41) is 4.14. The maximum atomic E-state index is 5.89. The van der Waals surface area contributed by atoms with Gasteiger partial charge in [-0.2, -0.15) is 4.98 Å². The van der Waals surface area contributed by atoms with E-state index in [-0.39, 0.29) is 5.41 Å². The molecule has 2 N–H and O–H groups in total. The molecule has 0 saturated heterocycles. The van der Waals surface area contributed by atoms with Gasteiger partial charge in [0.1, 0.15) is 5.60 Å². The first kappa shape index (κ1) is 16.1. The van der Waals surface area contributed by atoms with E-state index in [4.69, 9.17) is 15.0 Å². The largest absolute Gasteiger partial charge is 0.367 e. The highest BCUT2D eigenvalue weighted by atomic mass is 16.5. The van der Waals surface area contributed by atoms with Crippen LogP contribution in [0.4, 0.5) is 0 Å². The van der Waals surface area contributed by atoms with E-state index in [1.807, 2.05) is 13.8 Å². The fraction of sp³-hybridized carbons (Fsp3) is 0.857. The molecule has 1 aromatic heterocycles. The van der Waals surface area contributed by atoms with Gasteiger partial charge in [0.05, 0.1) is 5.41 Å². The first-order valence-electron chi connectivity index (χ1n) is 7.20. The third-order valence-corrected chi connectivity index (χ3v) is 4.14. The van der Waals surface area contributed by atoms with Gasteiger partial charge >= 0.3 is 0 Å². The van der Waals surface area contributed by atoms with Gasteiger partial charge in [-0.05, 0) is 33.1 Å². The van der Waals surface area contributed by atoms with E-state index in [9.17, 15) is 0 Å². The van der Waals surface area contributed by atoms with E-state index in [0.717, 1.165) is 19.3 Å². The third kappa shape index (κ3) is 2.98. The summed E-state index contributed by atoms with van der Waals surface area (Å²) in [6.07, 6.45) is 2.51. The zero-order chi connectivity index (χ0) is 14.5. The van der Waals surface area contributed by atoms with Gasteiger partial charge < -0.3 is 15.0 Å². The van der Waals surface area contributed by atoms with E-state index in [1.54, 1.807) is 0 Å². The van der Waals surface area contributed by atoms with Crippen molar-refractivity contribution >= 4 is 0 Å². The van der Waals surface area contributed by atoms with E-state index < -0.39 is 5.60 Å². The van der Waals surface area contributed by atoms with Gasteiger partial charge in [0.2, 0.25) is 11.7 Å². The lowest BCUT2D eigenvalue weighted by Gasteiger charge is -2.28. The molecule has 0 spiro atoms. The van der Waals surface area contributed by atoms with E-state index in [1.165, 1.54) is 0 Å². The van der Waals surface area contributed by atoms with Crippen molar-refractivity contribution in [1.29, 1.82) is 0 Å². The number of hydrogen-bond donors (Lipinski definition) is 1. The normalized spacial score (nSPS) is 15.5. The summed E-state index contributed by atoms with van der Waals surface area (Å²) in [7, 11) is 0. The highest BCUT2D eigenvalue weighted by Gasteiger charge is 2.37. The summed E-state index contributed by atoms with van der Waals surface area (Å²) in [6.45, 7) is 11.4. The molecule has 0 aliphatic heterocycles. The Hall–Kier alpha value is -0.940. The van der Waals surface area contributed by atoms with Crippen molar-refractivity contribution in [2.24, 2.45) is 5.73 Å². The molecule has 1 atom stereocenters. The summed E-state index contributed by atoms with van der Waals surface area (Å²) in [6, 6.07) is 0. The summed E-state index contributed by atoms with van der Waals surface area (Å²) in [5.74, 6) is 1.25. The van der Waals surface area contributed by atoms with Crippen LogP contribution in [-0.4, -0.2) is 23.3 Å². The van der Waals surface area contributed by atoms with E-state index in [2.05, 4.69) is 30.9 Å². The molecule has 0 amide bonds. The lowest BCUT2D eigenvalue weighted by Crippen LogP contribution is -2.33. The fourth-order valence-electron chi connectivity index (χ4n) is 2.15. The summed E-state index contributed by atoms with van der Waals surface area (Å²) < 4.78 is 11.3. The van der Waals surface area contributed by atoms with Crippen LogP contribution in [0.1, 0.15) is 65.6 Å². The predicted molar refractivity (Wildman–Crippen MR) is 74.9 cm³/mol. The minimum absolute atomic E-state index is 0.259. The molecule has 5 nitrogen and oxygen atoms in total. The number of nitrogens with two attached hydrogens (primary N) is 1. The van der Waals surface area contributed by atoms with Gasteiger partial charge in [0.15, 0.2) is 0 Å².